The van der Waals surface area contributed by atoms with Crippen LogP contribution in [0.1, 0.15) is 60.4 Å². The zero-order valence-electron chi connectivity index (χ0n) is 22.6. The largest absolute Gasteiger partial charge is 0.497 e. The van der Waals surface area contributed by atoms with Gasteiger partial charge in [0, 0.05) is 35.0 Å². The molecular formula is C32H34N4O2S. The van der Waals surface area contributed by atoms with Gasteiger partial charge in [-0.2, -0.15) is 0 Å². The standard InChI is InChI=1S/C32H34N4O2S/c1-21-19-28(22(2)35(21)24-9-8-12-27(20-24)37-3)31-30(29-13-6-7-18-33-29)34-32(39)36(31)23-14-16-26(17-15-23)38-25-10-4-5-11-25/h6-9,12-20,25,30-31H,4-5,10-11H2,1-3H3,(H,34,39). The van der Waals surface area contributed by atoms with Gasteiger partial charge < -0.3 is 24.3 Å². The third kappa shape index (κ3) is 4.87. The van der Waals surface area contributed by atoms with E-state index in [1.54, 1.807) is 7.11 Å². The van der Waals surface area contributed by atoms with E-state index in [1.807, 2.05) is 30.5 Å². The molecule has 200 valence electrons. The van der Waals surface area contributed by atoms with Crippen LogP contribution in [0.3, 0.4) is 0 Å². The molecule has 2 aromatic heterocycles. The lowest BCUT2D eigenvalue weighted by Crippen LogP contribution is -2.29. The van der Waals surface area contributed by atoms with Gasteiger partial charge in [-0.25, -0.2) is 0 Å². The highest BCUT2D eigenvalue weighted by molar-refractivity contribution is 7.80. The summed E-state index contributed by atoms with van der Waals surface area (Å²) in [5.74, 6) is 1.75. The van der Waals surface area contributed by atoms with Crippen molar-refractivity contribution in [1.29, 1.82) is 0 Å². The topological polar surface area (TPSA) is 51.5 Å². The molecule has 1 saturated heterocycles. The van der Waals surface area contributed by atoms with E-state index in [1.165, 1.54) is 18.4 Å². The maximum atomic E-state index is 6.24. The molecule has 2 aromatic carbocycles. The number of nitrogens with zero attached hydrogens (tertiary/aromatic N) is 3. The van der Waals surface area contributed by atoms with Crippen LogP contribution in [0.5, 0.6) is 11.5 Å². The number of anilines is 1. The van der Waals surface area contributed by atoms with E-state index >= 15 is 0 Å². The number of nitrogens with one attached hydrogen (secondary N) is 1. The summed E-state index contributed by atoms with van der Waals surface area (Å²) >= 11 is 5.97. The lowest BCUT2D eigenvalue weighted by atomic mass is 9.96. The Kier molecular flexibility index (Phi) is 7.00. The molecule has 7 heteroatoms. The van der Waals surface area contributed by atoms with Gasteiger partial charge in [0.25, 0.3) is 0 Å². The molecule has 2 atom stereocenters. The van der Waals surface area contributed by atoms with Crippen LogP contribution in [0, 0.1) is 13.8 Å². The smallest absolute Gasteiger partial charge is 0.174 e. The number of rotatable bonds is 7. The van der Waals surface area contributed by atoms with E-state index in [4.69, 9.17) is 26.7 Å². The second kappa shape index (κ2) is 10.7. The fourth-order valence-corrected chi connectivity index (χ4v) is 6.41. The zero-order valence-corrected chi connectivity index (χ0v) is 23.4. The second-order valence-corrected chi connectivity index (χ2v) is 10.8. The van der Waals surface area contributed by atoms with Crippen LogP contribution in [0.2, 0.25) is 0 Å². The monoisotopic (exact) mass is 538 g/mol. The van der Waals surface area contributed by atoms with Crippen LogP contribution < -0.4 is 19.7 Å². The zero-order chi connectivity index (χ0) is 26.9. The first-order chi connectivity index (χ1) is 19.0. The molecule has 4 aromatic rings. The molecule has 39 heavy (non-hydrogen) atoms. The number of hydrogen-bond donors (Lipinski definition) is 1. The summed E-state index contributed by atoms with van der Waals surface area (Å²) in [6.07, 6.45) is 6.95. The summed E-state index contributed by atoms with van der Waals surface area (Å²) in [5.41, 5.74) is 6.56. The first-order valence-corrected chi connectivity index (χ1v) is 14.0. The molecular weight excluding hydrogens is 504 g/mol. The van der Waals surface area contributed by atoms with Crippen LogP contribution >= 0.6 is 12.2 Å². The van der Waals surface area contributed by atoms with Gasteiger partial charge >= 0.3 is 0 Å². The average Bonchev–Trinajstić information content (AvgIpc) is 3.67. The van der Waals surface area contributed by atoms with Gasteiger partial charge in [-0.3, -0.25) is 4.98 Å². The minimum Gasteiger partial charge on any atom is -0.497 e. The van der Waals surface area contributed by atoms with Gasteiger partial charge in [0.05, 0.1) is 31.0 Å². The average molecular weight is 539 g/mol. The number of thiocarbonyl (C=S) groups is 1. The quantitative estimate of drug-likeness (QED) is 0.256. The molecule has 3 heterocycles. The van der Waals surface area contributed by atoms with E-state index in [9.17, 15) is 0 Å². The van der Waals surface area contributed by atoms with E-state index in [2.05, 4.69) is 77.2 Å². The fraction of sp³-hybridized carbons (Fsp3) is 0.312. The van der Waals surface area contributed by atoms with Crippen molar-refractivity contribution in [2.24, 2.45) is 0 Å². The Morgan fingerprint density at radius 3 is 2.41 bits per heavy atom. The number of methoxy groups -OCH3 is 1. The van der Waals surface area contributed by atoms with Crippen molar-refractivity contribution in [3.05, 3.63) is 102 Å². The van der Waals surface area contributed by atoms with Crippen molar-refractivity contribution in [2.45, 2.75) is 57.7 Å². The summed E-state index contributed by atoms with van der Waals surface area (Å²) in [6.45, 7) is 4.32. The molecule has 2 aliphatic rings. The van der Waals surface area contributed by atoms with E-state index in [0.29, 0.717) is 11.2 Å². The van der Waals surface area contributed by atoms with Crippen LogP contribution in [0.4, 0.5) is 5.69 Å². The number of ether oxygens (including phenoxy) is 2. The van der Waals surface area contributed by atoms with Crippen LogP contribution in [-0.2, 0) is 0 Å². The minimum atomic E-state index is -0.104. The third-order valence-electron chi connectivity index (χ3n) is 7.92. The predicted octanol–water partition coefficient (Wildman–Crippen LogP) is 7.00. The third-order valence-corrected chi connectivity index (χ3v) is 8.23. The summed E-state index contributed by atoms with van der Waals surface area (Å²) in [5, 5.41) is 4.28. The Hall–Kier alpha value is -3.84. The van der Waals surface area contributed by atoms with Crippen LogP contribution in [0.15, 0.2) is 79.0 Å². The van der Waals surface area contributed by atoms with Gasteiger partial charge in [-0.1, -0.05) is 12.1 Å². The number of pyridine rings is 1. The van der Waals surface area contributed by atoms with Crippen molar-refractivity contribution in [2.75, 3.05) is 12.0 Å². The molecule has 0 amide bonds. The Bertz CT molecular complexity index is 1460. The molecule has 0 bridgehead atoms. The molecule has 1 aliphatic carbocycles. The van der Waals surface area contributed by atoms with Crippen molar-refractivity contribution in [3.8, 4) is 17.2 Å². The lowest BCUT2D eigenvalue weighted by Gasteiger charge is -2.28. The first-order valence-electron chi connectivity index (χ1n) is 13.6. The van der Waals surface area contributed by atoms with E-state index < -0.39 is 0 Å². The molecule has 0 radical (unpaired) electrons. The Balaban J connectivity index is 1.41. The van der Waals surface area contributed by atoms with Crippen molar-refractivity contribution in [1.82, 2.24) is 14.9 Å². The Morgan fingerprint density at radius 2 is 1.69 bits per heavy atom. The summed E-state index contributed by atoms with van der Waals surface area (Å²) in [7, 11) is 1.70. The highest BCUT2D eigenvalue weighted by Gasteiger charge is 2.42. The van der Waals surface area contributed by atoms with E-state index in [0.717, 1.165) is 52.8 Å². The summed E-state index contributed by atoms with van der Waals surface area (Å²) in [4.78, 5) is 6.95. The van der Waals surface area contributed by atoms with Crippen molar-refractivity contribution >= 4 is 23.0 Å². The van der Waals surface area contributed by atoms with Gasteiger partial charge in [-0.15, -0.1) is 0 Å². The normalized spacial score (nSPS) is 19.4. The maximum absolute atomic E-state index is 6.24. The van der Waals surface area contributed by atoms with Crippen LogP contribution in [-0.4, -0.2) is 27.9 Å². The molecule has 6 rings (SSSR count). The molecule has 1 saturated carbocycles. The minimum absolute atomic E-state index is 0.0837. The van der Waals surface area contributed by atoms with E-state index in [-0.39, 0.29) is 12.1 Å². The number of benzene rings is 2. The van der Waals surface area contributed by atoms with Gasteiger partial charge in [-0.05, 0) is 112 Å². The number of hydrogen-bond acceptors (Lipinski definition) is 4. The number of aryl methyl sites for hydroxylation is 1. The fourth-order valence-electron chi connectivity index (χ4n) is 6.07. The van der Waals surface area contributed by atoms with Crippen LogP contribution in [0.25, 0.3) is 5.69 Å². The lowest BCUT2D eigenvalue weighted by molar-refractivity contribution is 0.210. The first kappa shape index (κ1) is 25.4. The second-order valence-electron chi connectivity index (χ2n) is 10.4. The molecule has 1 N–H and O–H groups in total. The Labute approximate surface area is 235 Å². The maximum Gasteiger partial charge on any atom is 0.174 e. The van der Waals surface area contributed by atoms with Crippen molar-refractivity contribution in [3.63, 3.8) is 0 Å². The highest BCUT2D eigenvalue weighted by atomic mass is 32.1. The summed E-state index contributed by atoms with van der Waals surface area (Å²) < 4.78 is 14.0. The van der Waals surface area contributed by atoms with Gasteiger partial charge in [0.1, 0.15) is 11.5 Å². The molecule has 2 fully saturated rings. The highest BCUT2D eigenvalue weighted by Crippen LogP contribution is 2.44. The predicted molar refractivity (Wildman–Crippen MR) is 159 cm³/mol. The molecule has 1 aliphatic heterocycles. The molecule has 6 nitrogen and oxygen atoms in total. The molecule has 0 spiro atoms. The molecule has 2 unspecified atom stereocenters. The Morgan fingerprint density at radius 1 is 0.897 bits per heavy atom. The van der Waals surface area contributed by atoms with Gasteiger partial charge in [0.2, 0.25) is 0 Å². The SMILES string of the molecule is COc1cccc(-n2c(C)cc(C3C(c4ccccn4)NC(=S)N3c3ccc(OC4CCCC4)cc3)c2C)c1. The summed E-state index contributed by atoms with van der Waals surface area (Å²) in [6, 6.07) is 24.7. The van der Waals surface area contributed by atoms with Gasteiger partial charge in [0.15, 0.2) is 5.11 Å². The number of aromatic nitrogens is 2. The van der Waals surface area contributed by atoms with Crippen molar-refractivity contribution < 1.29 is 9.47 Å².